The number of fused-ring (bicyclic) bond motifs is 1. The van der Waals surface area contributed by atoms with Gasteiger partial charge in [-0.2, -0.15) is 26.3 Å². The van der Waals surface area contributed by atoms with Crippen LogP contribution in [0, 0.1) is 23.2 Å². The smallest absolute Gasteiger partial charge is 0.420 e. The molecule has 2 unspecified atom stereocenters. The lowest BCUT2D eigenvalue weighted by atomic mass is 9.53. The molecule has 2 aliphatic rings. The van der Waals surface area contributed by atoms with Crippen LogP contribution in [0.5, 0.6) is 5.75 Å². The van der Waals surface area contributed by atoms with Gasteiger partial charge in [0.05, 0.1) is 17.9 Å². The first kappa shape index (κ1) is 27.6. The van der Waals surface area contributed by atoms with E-state index in [4.69, 9.17) is 4.74 Å². The molecule has 0 bridgehead atoms. The standard InChI is InChI=1S/C28H32F6O3/c1-15(12-19-14-22(25(35)36)26(19,2)3)17-5-4-16-6-11-23(24(21(16)13-17)28(32,33)34)37-20-9-7-18(8-10-20)27(29,30)31/h4-6,11,13,15,18-20,22H,7-10,12,14H2,1-3H3,(H,35,36)/t15?,18?,19-,20?,22?/m0/s1. The molecule has 0 spiro atoms. The molecule has 2 aromatic carbocycles. The lowest BCUT2D eigenvalue weighted by Gasteiger charge is -2.51. The van der Waals surface area contributed by atoms with Crippen molar-refractivity contribution in [2.75, 3.05) is 0 Å². The van der Waals surface area contributed by atoms with Crippen LogP contribution in [0.3, 0.4) is 0 Å². The van der Waals surface area contributed by atoms with Crippen LogP contribution >= 0.6 is 0 Å². The Labute approximate surface area is 212 Å². The number of halogens is 6. The minimum Gasteiger partial charge on any atom is -0.490 e. The average molecular weight is 531 g/mol. The molecule has 2 fully saturated rings. The third-order valence-corrected chi connectivity index (χ3v) is 8.70. The summed E-state index contributed by atoms with van der Waals surface area (Å²) in [5.41, 5.74) is -0.581. The summed E-state index contributed by atoms with van der Waals surface area (Å²) in [6.45, 7) is 5.76. The number of hydrogen-bond acceptors (Lipinski definition) is 2. The number of hydrogen-bond donors (Lipinski definition) is 1. The van der Waals surface area contributed by atoms with Gasteiger partial charge in [-0.25, -0.2) is 0 Å². The first-order valence-corrected chi connectivity index (χ1v) is 12.7. The largest absolute Gasteiger partial charge is 0.490 e. The van der Waals surface area contributed by atoms with E-state index in [1.807, 2.05) is 20.8 Å². The second-order valence-electron chi connectivity index (χ2n) is 11.3. The van der Waals surface area contributed by atoms with E-state index < -0.39 is 41.8 Å². The fourth-order valence-electron chi connectivity index (χ4n) is 6.10. The van der Waals surface area contributed by atoms with E-state index in [0.29, 0.717) is 18.2 Å². The summed E-state index contributed by atoms with van der Waals surface area (Å²) in [6, 6.07) is 7.76. The molecule has 9 heteroatoms. The van der Waals surface area contributed by atoms with E-state index in [2.05, 4.69) is 0 Å². The molecule has 0 radical (unpaired) electrons. The predicted molar refractivity (Wildman–Crippen MR) is 127 cm³/mol. The quantitative estimate of drug-likeness (QED) is 0.381. The average Bonchev–Trinajstić information content (AvgIpc) is 2.79. The van der Waals surface area contributed by atoms with Crippen molar-refractivity contribution in [1.29, 1.82) is 0 Å². The van der Waals surface area contributed by atoms with Crippen molar-refractivity contribution in [1.82, 2.24) is 0 Å². The maximum absolute atomic E-state index is 14.3. The predicted octanol–water partition coefficient (Wildman–Crippen LogP) is 8.60. The van der Waals surface area contributed by atoms with Gasteiger partial charge >= 0.3 is 18.3 Å². The van der Waals surface area contributed by atoms with Gasteiger partial charge < -0.3 is 9.84 Å². The number of carbonyl (C=O) groups is 1. The molecule has 4 rings (SSSR count). The van der Waals surface area contributed by atoms with Gasteiger partial charge in [-0.3, -0.25) is 4.79 Å². The molecule has 0 amide bonds. The first-order valence-electron chi connectivity index (χ1n) is 12.7. The second-order valence-corrected chi connectivity index (χ2v) is 11.3. The summed E-state index contributed by atoms with van der Waals surface area (Å²) < 4.78 is 87.5. The third-order valence-electron chi connectivity index (χ3n) is 8.70. The molecule has 3 atom stereocenters. The first-order chi connectivity index (χ1) is 17.1. The zero-order valence-electron chi connectivity index (χ0n) is 21.0. The van der Waals surface area contributed by atoms with Crippen LogP contribution in [0.1, 0.15) is 76.3 Å². The maximum atomic E-state index is 14.3. The van der Waals surface area contributed by atoms with Crippen molar-refractivity contribution in [3.63, 3.8) is 0 Å². The van der Waals surface area contributed by atoms with Gasteiger partial charge in [-0.1, -0.05) is 45.0 Å². The van der Waals surface area contributed by atoms with Crippen LogP contribution in [0.15, 0.2) is 30.3 Å². The molecule has 3 nitrogen and oxygen atoms in total. The number of alkyl halides is 6. The zero-order chi connectivity index (χ0) is 27.3. The highest BCUT2D eigenvalue weighted by molar-refractivity contribution is 5.89. The second kappa shape index (κ2) is 9.70. The summed E-state index contributed by atoms with van der Waals surface area (Å²) >= 11 is 0. The lowest BCUT2D eigenvalue weighted by molar-refractivity contribution is -0.185. The van der Waals surface area contributed by atoms with Gasteiger partial charge in [0.25, 0.3) is 0 Å². The number of ether oxygens (including phenoxy) is 1. The number of rotatable bonds is 6. The number of benzene rings is 2. The Morgan fingerprint density at radius 2 is 1.68 bits per heavy atom. The molecule has 204 valence electrons. The molecule has 0 aliphatic heterocycles. The molecule has 2 aliphatic carbocycles. The summed E-state index contributed by atoms with van der Waals surface area (Å²) in [4.78, 5) is 11.4. The number of carboxylic acid groups (broad SMARTS) is 1. The fraction of sp³-hybridized carbons (Fsp3) is 0.607. The fourth-order valence-corrected chi connectivity index (χ4v) is 6.10. The molecule has 2 aromatic rings. The van der Waals surface area contributed by atoms with E-state index in [1.54, 1.807) is 18.2 Å². The summed E-state index contributed by atoms with van der Waals surface area (Å²) in [5, 5.41) is 9.78. The van der Waals surface area contributed by atoms with Crippen molar-refractivity contribution < 1.29 is 41.0 Å². The van der Waals surface area contributed by atoms with Crippen molar-refractivity contribution in [3.8, 4) is 5.75 Å². The van der Waals surface area contributed by atoms with E-state index in [-0.39, 0.29) is 54.1 Å². The Kier molecular flexibility index (Phi) is 7.23. The van der Waals surface area contributed by atoms with Crippen molar-refractivity contribution in [2.45, 2.75) is 83.7 Å². The minimum absolute atomic E-state index is 0.00499. The van der Waals surface area contributed by atoms with Gasteiger partial charge in [0.2, 0.25) is 0 Å². The maximum Gasteiger partial charge on any atom is 0.420 e. The van der Waals surface area contributed by atoms with E-state index in [1.165, 1.54) is 12.1 Å². The van der Waals surface area contributed by atoms with Crippen LogP contribution in [0.25, 0.3) is 10.8 Å². The Morgan fingerprint density at radius 3 is 2.22 bits per heavy atom. The monoisotopic (exact) mass is 530 g/mol. The number of aliphatic carboxylic acids is 1. The lowest BCUT2D eigenvalue weighted by Crippen LogP contribution is -2.49. The summed E-state index contributed by atoms with van der Waals surface area (Å²) in [6.07, 6.45) is -8.76. The molecule has 1 N–H and O–H groups in total. The molecule has 0 heterocycles. The van der Waals surface area contributed by atoms with Crippen LogP contribution in [-0.2, 0) is 11.0 Å². The summed E-state index contributed by atoms with van der Waals surface area (Å²) in [7, 11) is 0. The SMILES string of the molecule is CC(C[C@H]1CC(C(=O)O)C1(C)C)c1ccc2ccc(OC3CCC(C(F)(F)F)CC3)c(C(F)(F)F)c2c1. The minimum atomic E-state index is -4.72. The van der Waals surface area contributed by atoms with Crippen LogP contribution < -0.4 is 4.74 Å². The van der Waals surface area contributed by atoms with Crippen molar-refractivity contribution in [2.24, 2.45) is 23.2 Å². The molecule has 0 aromatic heterocycles. The highest BCUT2D eigenvalue weighted by Gasteiger charge is 2.52. The molecular weight excluding hydrogens is 498 g/mol. The Balaban J connectivity index is 1.58. The van der Waals surface area contributed by atoms with E-state index in [0.717, 1.165) is 5.56 Å². The van der Waals surface area contributed by atoms with Crippen LogP contribution in [0.4, 0.5) is 26.3 Å². The summed E-state index contributed by atoms with van der Waals surface area (Å²) in [5.74, 6) is -3.00. The van der Waals surface area contributed by atoms with Crippen LogP contribution in [0.2, 0.25) is 0 Å². The Hall–Kier alpha value is -2.45. The van der Waals surface area contributed by atoms with Gasteiger partial charge in [0.15, 0.2) is 0 Å². The molecule has 0 saturated heterocycles. The zero-order valence-corrected chi connectivity index (χ0v) is 21.0. The van der Waals surface area contributed by atoms with Crippen molar-refractivity contribution >= 4 is 16.7 Å². The molecular formula is C28H32F6O3. The van der Waals surface area contributed by atoms with Gasteiger partial charge in [-0.05, 0) is 78.2 Å². The normalized spacial score (nSPS) is 26.9. The van der Waals surface area contributed by atoms with Crippen LogP contribution in [-0.4, -0.2) is 23.4 Å². The van der Waals surface area contributed by atoms with E-state index >= 15 is 0 Å². The highest BCUT2D eigenvalue weighted by Crippen LogP contribution is 2.55. The van der Waals surface area contributed by atoms with Crippen molar-refractivity contribution in [3.05, 3.63) is 41.5 Å². The topological polar surface area (TPSA) is 46.5 Å². The number of carboxylic acids is 1. The molecule has 37 heavy (non-hydrogen) atoms. The van der Waals surface area contributed by atoms with Gasteiger partial charge in [0.1, 0.15) is 11.3 Å². The Morgan fingerprint density at radius 1 is 1.05 bits per heavy atom. The molecule has 2 saturated carbocycles. The van der Waals surface area contributed by atoms with Gasteiger partial charge in [-0.15, -0.1) is 0 Å². The Bertz CT molecular complexity index is 1150. The van der Waals surface area contributed by atoms with Gasteiger partial charge in [0, 0.05) is 0 Å². The third kappa shape index (κ3) is 5.55. The highest BCUT2D eigenvalue weighted by atomic mass is 19.4. The van der Waals surface area contributed by atoms with E-state index in [9.17, 15) is 36.2 Å².